The van der Waals surface area contributed by atoms with Gasteiger partial charge >= 0.3 is 0 Å². The van der Waals surface area contributed by atoms with E-state index in [1.807, 2.05) is 0 Å². The van der Waals surface area contributed by atoms with E-state index in [4.69, 9.17) is 9.84 Å². The second-order valence-corrected chi connectivity index (χ2v) is 3.21. The highest BCUT2D eigenvalue weighted by atomic mass is 19.3. The lowest BCUT2D eigenvalue weighted by molar-refractivity contribution is -0.309. The lowest BCUT2D eigenvalue weighted by atomic mass is 10.3. The summed E-state index contributed by atoms with van der Waals surface area (Å²) in [5.41, 5.74) is 0. The topological polar surface area (TPSA) is 55.8 Å². The van der Waals surface area contributed by atoms with Crippen LogP contribution in [0.5, 0.6) is 0 Å². The number of aliphatic hydroxyl groups is 1. The zero-order valence-electron chi connectivity index (χ0n) is 7.83. The van der Waals surface area contributed by atoms with Gasteiger partial charge in [0.2, 0.25) is 0 Å². The molecule has 0 amide bonds. The van der Waals surface area contributed by atoms with Crippen LogP contribution in [0.2, 0.25) is 0 Å². The number of aldehydes is 1. The summed E-state index contributed by atoms with van der Waals surface area (Å²) < 4.78 is 15.7. The highest BCUT2D eigenvalue weighted by Gasteiger charge is 2.12. The van der Waals surface area contributed by atoms with Crippen LogP contribution in [0, 0.1) is 0 Å². The highest BCUT2D eigenvalue weighted by Crippen LogP contribution is 2.08. The minimum atomic E-state index is -1.62. The van der Waals surface area contributed by atoms with Gasteiger partial charge in [-0.15, -0.1) is 0 Å². The Morgan fingerprint density at radius 2 is 2.23 bits per heavy atom. The minimum absolute atomic E-state index is 0.0833. The molecule has 1 unspecified atom stereocenters. The van der Waals surface area contributed by atoms with Gasteiger partial charge in [0.15, 0.2) is 5.79 Å². The normalized spacial score (nSPS) is 22.0. The summed E-state index contributed by atoms with van der Waals surface area (Å²) >= 11 is 0. The number of carbonyl (C=O) groups excluding carboxylic acids is 1. The van der Waals surface area contributed by atoms with E-state index in [0.717, 1.165) is 25.7 Å². The van der Waals surface area contributed by atoms with E-state index < -0.39 is 5.79 Å². The Labute approximate surface area is 76.5 Å². The number of carbonyl (C=O) groups is 1. The Balaban J connectivity index is 0.000000226. The fourth-order valence-electron chi connectivity index (χ4n) is 0.710. The van der Waals surface area contributed by atoms with Crippen molar-refractivity contribution in [2.45, 2.75) is 38.6 Å². The van der Waals surface area contributed by atoms with E-state index in [2.05, 4.69) is 4.94 Å². The van der Waals surface area contributed by atoms with Crippen molar-refractivity contribution in [1.82, 2.24) is 0 Å². The average molecular weight is 194 g/mol. The summed E-state index contributed by atoms with van der Waals surface area (Å²) in [6.07, 6.45) is 2.75. The van der Waals surface area contributed by atoms with Crippen molar-refractivity contribution in [3.05, 3.63) is 0 Å². The van der Waals surface area contributed by atoms with Crippen molar-refractivity contribution in [3.63, 3.8) is 0 Å². The largest absolute Gasteiger partial charge is 0.371 e. The second-order valence-electron chi connectivity index (χ2n) is 3.21. The zero-order chi connectivity index (χ0) is 10.3. The van der Waals surface area contributed by atoms with Crippen LogP contribution in [0.3, 0.4) is 0 Å². The van der Waals surface area contributed by atoms with Crippen molar-refractivity contribution in [1.29, 1.82) is 0 Å². The monoisotopic (exact) mass is 194 g/mol. The van der Waals surface area contributed by atoms with E-state index in [1.54, 1.807) is 0 Å². The van der Waals surface area contributed by atoms with E-state index in [0.29, 0.717) is 0 Å². The van der Waals surface area contributed by atoms with Crippen LogP contribution in [0.1, 0.15) is 26.7 Å². The smallest absolute Gasteiger partial charge is 0.198 e. The number of hydrogen-bond acceptors (Lipinski definition) is 4. The standard InChI is InChI=1S/C5H8O2.C3H7FO2/c6-4-5-2-1-3-7-5;1-3(2,5)6-4/h4-5H,1-3H2;5H,1-2H3. The summed E-state index contributed by atoms with van der Waals surface area (Å²) in [4.78, 5) is 12.9. The first kappa shape index (κ1) is 12.5. The van der Waals surface area contributed by atoms with E-state index >= 15 is 0 Å². The van der Waals surface area contributed by atoms with Gasteiger partial charge in [-0.25, -0.2) is 0 Å². The van der Waals surface area contributed by atoms with Gasteiger partial charge in [0, 0.05) is 6.61 Å². The minimum Gasteiger partial charge on any atom is -0.371 e. The second kappa shape index (κ2) is 6.01. The van der Waals surface area contributed by atoms with Crippen LogP contribution in [-0.4, -0.2) is 29.9 Å². The number of halogens is 1. The van der Waals surface area contributed by atoms with Crippen molar-refractivity contribution >= 4 is 6.29 Å². The van der Waals surface area contributed by atoms with E-state index in [-0.39, 0.29) is 6.10 Å². The Morgan fingerprint density at radius 3 is 2.38 bits per heavy atom. The van der Waals surface area contributed by atoms with Crippen LogP contribution in [0.25, 0.3) is 0 Å². The SMILES string of the molecule is CC(C)(O)OF.O=CC1CCCO1. The molecule has 1 rings (SSSR count). The predicted molar refractivity (Wildman–Crippen MR) is 43.5 cm³/mol. The summed E-state index contributed by atoms with van der Waals surface area (Å²) in [6.45, 7) is 3.17. The Morgan fingerprint density at radius 1 is 1.69 bits per heavy atom. The first-order valence-electron chi connectivity index (χ1n) is 4.08. The van der Waals surface area contributed by atoms with Crippen molar-refractivity contribution in [2.75, 3.05) is 6.61 Å². The van der Waals surface area contributed by atoms with Gasteiger partial charge in [-0.05, 0) is 31.2 Å². The van der Waals surface area contributed by atoms with Crippen molar-refractivity contribution < 1.29 is 24.1 Å². The summed E-state index contributed by atoms with van der Waals surface area (Å²) in [5.74, 6) is -1.62. The molecule has 5 heteroatoms. The number of hydrogen-bond donors (Lipinski definition) is 1. The van der Waals surface area contributed by atoms with Crippen molar-refractivity contribution in [2.24, 2.45) is 0 Å². The third-order valence-corrected chi connectivity index (χ3v) is 1.31. The summed E-state index contributed by atoms with van der Waals surface area (Å²) in [5, 5.41) is 8.23. The molecule has 78 valence electrons. The maximum atomic E-state index is 10.8. The molecule has 13 heavy (non-hydrogen) atoms. The van der Waals surface area contributed by atoms with Crippen molar-refractivity contribution in [3.8, 4) is 0 Å². The predicted octanol–water partition coefficient (Wildman–Crippen LogP) is 0.980. The molecule has 1 fully saturated rings. The molecular weight excluding hydrogens is 179 g/mol. The fourth-order valence-corrected chi connectivity index (χ4v) is 0.710. The average Bonchev–Trinajstić information content (AvgIpc) is 2.56. The zero-order valence-corrected chi connectivity index (χ0v) is 7.83. The van der Waals surface area contributed by atoms with Gasteiger partial charge in [0.1, 0.15) is 12.4 Å². The molecule has 0 aromatic rings. The highest BCUT2D eigenvalue weighted by molar-refractivity contribution is 5.56. The molecule has 0 aromatic carbocycles. The van der Waals surface area contributed by atoms with Crippen LogP contribution in [0.4, 0.5) is 4.53 Å². The van der Waals surface area contributed by atoms with Crippen LogP contribution >= 0.6 is 0 Å². The van der Waals surface area contributed by atoms with Gasteiger partial charge in [0.25, 0.3) is 0 Å². The van der Waals surface area contributed by atoms with Gasteiger partial charge in [-0.1, -0.05) is 0 Å². The molecule has 0 aliphatic carbocycles. The Kier molecular flexibility index (Phi) is 5.77. The summed E-state index contributed by atoms with van der Waals surface area (Å²) in [7, 11) is 0. The molecule has 0 saturated carbocycles. The molecule has 1 atom stereocenters. The van der Waals surface area contributed by atoms with Gasteiger partial charge in [-0.2, -0.15) is 4.94 Å². The lowest BCUT2D eigenvalue weighted by Crippen LogP contribution is -2.18. The molecule has 1 N–H and O–H groups in total. The maximum Gasteiger partial charge on any atom is 0.198 e. The van der Waals surface area contributed by atoms with Crippen LogP contribution < -0.4 is 0 Å². The lowest BCUT2D eigenvalue weighted by Gasteiger charge is -2.07. The van der Waals surface area contributed by atoms with Gasteiger partial charge < -0.3 is 14.6 Å². The molecule has 0 spiro atoms. The first-order chi connectivity index (χ1) is 5.99. The fraction of sp³-hybridized carbons (Fsp3) is 0.875. The molecular formula is C8H15FO4. The maximum absolute atomic E-state index is 10.8. The van der Waals surface area contributed by atoms with Crippen LogP contribution in [0.15, 0.2) is 0 Å². The molecule has 1 saturated heterocycles. The number of rotatable bonds is 2. The number of ether oxygens (including phenoxy) is 1. The molecule has 0 radical (unpaired) electrons. The molecule has 1 heterocycles. The molecule has 1 aliphatic rings. The van der Waals surface area contributed by atoms with E-state index in [1.165, 1.54) is 13.8 Å². The third kappa shape index (κ3) is 7.83. The quantitative estimate of drug-likeness (QED) is 0.526. The van der Waals surface area contributed by atoms with E-state index in [9.17, 15) is 9.32 Å². The molecule has 1 aliphatic heterocycles. The molecule has 0 aromatic heterocycles. The third-order valence-electron chi connectivity index (χ3n) is 1.31. The Hall–Kier alpha value is -0.520. The molecule has 4 nitrogen and oxygen atoms in total. The van der Waals surface area contributed by atoms with Gasteiger partial charge in [-0.3, -0.25) is 0 Å². The first-order valence-corrected chi connectivity index (χ1v) is 4.08. The molecule has 0 bridgehead atoms. The van der Waals surface area contributed by atoms with Gasteiger partial charge in [0.05, 0.1) is 0 Å². The van der Waals surface area contributed by atoms with Crippen LogP contribution in [-0.2, 0) is 14.5 Å². The Bertz CT molecular complexity index is 138. The summed E-state index contributed by atoms with van der Waals surface area (Å²) in [6, 6.07) is 0.